The number of allylic oxidation sites excluding steroid dienone is 1. The number of hydrogen-bond acceptors (Lipinski definition) is 4. The van der Waals surface area contributed by atoms with E-state index >= 15 is 0 Å². The maximum atomic E-state index is 11.6. The normalized spacial score (nSPS) is 38.1. The van der Waals surface area contributed by atoms with Gasteiger partial charge in [-0.15, -0.1) is 0 Å². The minimum atomic E-state index is -0.405. The fourth-order valence-electron chi connectivity index (χ4n) is 4.72. The zero-order valence-electron chi connectivity index (χ0n) is 13.6. The van der Waals surface area contributed by atoms with Crippen molar-refractivity contribution in [1.29, 1.82) is 0 Å². The van der Waals surface area contributed by atoms with Crippen LogP contribution in [0.1, 0.15) is 47.5 Å². The smallest absolute Gasteiger partial charge is 0.302 e. The summed E-state index contributed by atoms with van der Waals surface area (Å²) in [5.74, 6) is -0.220. The Kier molecular flexibility index (Phi) is 4.04. The summed E-state index contributed by atoms with van der Waals surface area (Å²) in [7, 11) is 0. The monoisotopic (exact) mass is 294 g/mol. The molecule has 0 aliphatic heterocycles. The van der Waals surface area contributed by atoms with E-state index in [1.165, 1.54) is 6.92 Å². The van der Waals surface area contributed by atoms with Gasteiger partial charge in [-0.3, -0.25) is 9.59 Å². The van der Waals surface area contributed by atoms with E-state index in [9.17, 15) is 14.7 Å². The molecule has 4 atom stereocenters. The van der Waals surface area contributed by atoms with E-state index in [-0.39, 0.29) is 35.9 Å². The van der Waals surface area contributed by atoms with Crippen LogP contribution in [0, 0.1) is 22.7 Å². The van der Waals surface area contributed by atoms with E-state index in [1.54, 1.807) is 0 Å². The molecule has 0 saturated heterocycles. The highest BCUT2D eigenvalue weighted by Gasteiger charge is 2.57. The molecule has 0 radical (unpaired) electrons. The van der Waals surface area contributed by atoms with Crippen molar-refractivity contribution >= 4 is 12.3 Å². The summed E-state index contributed by atoms with van der Waals surface area (Å²) < 4.78 is 5.57. The minimum Gasteiger partial charge on any atom is -0.462 e. The van der Waals surface area contributed by atoms with Crippen LogP contribution in [-0.4, -0.2) is 30.1 Å². The van der Waals surface area contributed by atoms with Crippen molar-refractivity contribution in [2.75, 3.05) is 6.61 Å². The average molecular weight is 294 g/mol. The number of carbonyl (C=O) groups is 2. The number of aldehydes is 1. The number of rotatable bonds is 3. The molecule has 4 nitrogen and oxygen atoms in total. The summed E-state index contributed by atoms with van der Waals surface area (Å²) in [6.45, 7) is 9.71. The molecule has 21 heavy (non-hydrogen) atoms. The second-order valence-electron chi connectivity index (χ2n) is 7.63. The van der Waals surface area contributed by atoms with Gasteiger partial charge in [0.05, 0.1) is 6.61 Å². The molecule has 4 heteroatoms. The SMILES string of the molecule is CC(=O)O[C@H]1C[C@@H](C)C(C=O)=C2C1C(C)(C)C[C@]2(C)CO. The molecule has 1 N–H and O–H groups in total. The predicted octanol–water partition coefficient (Wildman–Crippen LogP) is 2.50. The number of ether oxygens (including phenoxy) is 1. The van der Waals surface area contributed by atoms with Crippen LogP contribution in [0.4, 0.5) is 0 Å². The van der Waals surface area contributed by atoms with Crippen molar-refractivity contribution in [2.24, 2.45) is 22.7 Å². The number of aliphatic hydroxyl groups excluding tert-OH is 1. The van der Waals surface area contributed by atoms with Gasteiger partial charge in [0.1, 0.15) is 12.4 Å². The lowest BCUT2D eigenvalue weighted by atomic mass is 9.68. The van der Waals surface area contributed by atoms with Gasteiger partial charge in [0.25, 0.3) is 0 Å². The summed E-state index contributed by atoms with van der Waals surface area (Å²) >= 11 is 0. The summed E-state index contributed by atoms with van der Waals surface area (Å²) in [4.78, 5) is 23.1. The molecule has 118 valence electrons. The van der Waals surface area contributed by atoms with Crippen LogP contribution in [-0.2, 0) is 14.3 Å². The van der Waals surface area contributed by atoms with Gasteiger partial charge in [-0.2, -0.15) is 0 Å². The molecule has 0 spiro atoms. The summed E-state index contributed by atoms with van der Waals surface area (Å²) in [5, 5.41) is 9.91. The number of aliphatic hydroxyl groups is 1. The molecule has 1 fully saturated rings. The predicted molar refractivity (Wildman–Crippen MR) is 79.5 cm³/mol. The number of hydrogen-bond donors (Lipinski definition) is 1. The molecule has 0 aromatic carbocycles. The van der Waals surface area contributed by atoms with Crippen molar-refractivity contribution in [1.82, 2.24) is 0 Å². The molecule has 0 aromatic rings. The van der Waals surface area contributed by atoms with Crippen molar-refractivity contribution in [3.63, 3.8) is 0 Å². The lowest BCUT2D eigenvalue weighted by Gasteiger charge is -2.40. The van der Waals surface area contributed by atoms with Crippen molar-refractivity contribution in [2.45, 2.75) is 53.6 Å². The van der Waals surface area contributed by atoms with E-state index in [1.807, 2.05) is 13.8 Å². The largest absolute Gasteiger partial charge is 0.462 e. The molecule has 2 rings (SSSR count). The second kappa shape index (κ2) is 5.24. The van der Waals surface area contributed by atoms with Crippen LogP contribution in [0.25, 0.3) is 0 Å². The van der Waals surface area contributed by atoms with Crippen LogP contribution in [0.3, 0.4) is 0 Å². The zero-order valence-corrected chi connectivity index (χ0v) is 13.6. The summed E-state index contributed by atoms with van der Waals surface area (Å²) in [6, 6.07) is 0. The number of esters is 1. The van der Waals surface area contributed by atoms with Gasteiger partial charge in [-0.25, -0.2) is 0 Å². The average Bonchev–Trinajstić information content (AvgIpc) is 2.57. The fourth-order valence-corrected chi connectivity index (χ4v) is 4.72. The topological polar surface area (TPSA) is 63.6 Å². The first-order valence-corrected chi connectivity index (χ1v) is 7.64. The Balaban J connectivity index is 2.59. The van der Waals surface area contributed by atoms with Gasteiger partial charge in [0, 0.05) is 18.3 Å². The van der Waals surface area contributed by atoms with Gasteiger partial charge in [0.15, 0.2) is 0 Å². The number of fused-ring (bicyclic) bond motifs is 1. The fraction of sp³-hybridized carbons (Fsp3) is 0.765. The van der Waals surface area contributed by atoms with Gasteiger partial charge >= 0.3 is 5.97 Å². The van der Waals surface area contributed by atoms with Gasteiger partial charge in [0.2, 0.25) is 0 Å². The Bertz CT molecular complexity index is 491. The Morgan fingerprint density at radius 1 is 1.43 bits per heavy atom. The Morgan fingerprint density at radius 2 is 2.05 bits per heavy atom. The molecule has 0 amide bonds. The molecule has 2 aliphatic rings. The minimum absolute atomic E-state index is 0.00921. The van der Waals surface area contributed by atoms with Gasteiger partial charge in [-0.1, -0.05) is 27.7 Å². The third-order valence-corrected chi connectivity index (χ3v) is 5.24. The number of carbonyl (C=O) groups excluding carboxylic acids is 2. The van der Waals surface area contributed by atoms with Crippen LogP contribution in [0.2, 0.25) is 0 Å². The van der Waals surface area contributed by atoms with E-state index in [2.05, 4.69) is 13.8 Å². The molecule has 0 aromatic heterocycles. The van der Waals surface area contributed by atoms with Crippen LogP contribution in [0.15, 0.2) is 11.1 Å². The van der Waals surface area contributed by atoms with E-state index < -0.39 is 5.41 Å². The first-order valence-electron chi connectivity index (χ1n) is 7.64. The van der Waals surface area contributed by atoms with E-state index in [4.69, 9.17) is 4.74 Å². The van der Waals surface area contributed by atoms with Gasteiger partial charge < -0.3 is 9.84 Å². The second-order valence-corrected chi connectivity index (χ2v) is 7.63. The third-order valence-electron chi connectivity index (χ3n) is 5.24. The molecule has 0 heterocycles. The van der Waals surface area contributed by atoms with Crippen molar-refractivity contribution < 1.29 is 19.4 Å². The quantitative estimate of drug-likeness (QED) is 0.641. The lowest BCUT2D eigenvalue weighted by Crippen LogP contribution is -2.40. The molecule has 0 bridgehead atoms. The molecular formula is C17H26O4. The molecule has 1 unspecified atom stereocenters. The highest BCUT2D eigenvalue weighted by Crippen LogP contribution is 2.61. The standard InChI is InChI=1S/C17H26O4/c1-10-6-13(21-11(2)20)15-14(12(10)7-18)17(5,9-19)8-16(15,3)4/h7,10,13,15,19H,6,8-9H2,1-5H3/t10-,13+,15?,17-/m1/s1. The highest BCUT2D eigenvalue weighted by molar-refractivity contribution is 5.77. The third kappa shape index (κ3) is 2.54. The lowest BCUT2D eigenvalue weighted by molar-refractivity contribution is -0.151. The van der Waals surface area contributed by atoms with Crippen LogP contribution >= 0.6 is 0 Å². The zero-order chi connectivity index (χ0) is 16.0. The maximum Gasteiger partial charge on any atom is 0.302 e. The Morgan fingerprint density at radius 3 is 2.52 bits per heavy atom. The Labute approximate surface area is 126 Å². The Hall–Kier alpha value is -1.16. The highest BCUT2D eigenvalue weighted by atomic mass is 16.5. The van der Waals surface area contributed by atoms with Gasteiger partial charge in [-0.05, 0) is 35.3 Å². The van der Waals surface area contributed by atoms with Crippen molar-refractivity contribution in [3.05, 3.63) is 11.1 Å². The van der Waals surface area contributed by atoms with Crippen molar-refractivity contribution in [3.8, 4) is 0 Å². The maximum absolute atomic E-state index is 11.6. The van der Waals surface area contributed by atoms with Crippen LogP contribution < -0.4 is 0 Å². The van der Waals surface area contributed by atoms with E-state index in [0.717, 1.165) is 23.9 Å². The molecule has 2 aliphatic carbocycles. The summed E-state index contributed by atoms with van der Waals surface area (Å²) in [5.41, 5.74) is 1.29. The van der Waals surface area contributed by atoms with E-state index in [0.29, 0.717) is 6.42 Å². The molecule has 1 saturated carbocycles. The first kappa shape index (κ1) is 16.2. The summed E-state index contributed by atoms with van der Waals surface area (Å²) in [6.07, 6.45) is 2.19. The van der Waals surface area contributed by atoms with Crippen LogP contribution in [0.5, 0.6) is 0 Å². The molecular weight excluding hydrogens is 268 g/mol. The first-order chi connectivity index (χ1) is 9.66.